The van der Waals surface area contributed by atoms with Gasteiger partial charge in [-0.15, -0.1) is 4.89 Å². The van der Waals surface area contributed by atoms with E-state index < -0.39 is 8.25 Å². The van der Waals surface area contributed by atoms with Crippen LogP contribution in [0.5, 0.6) is 11.5 Å². The number of hydrogen-bond acceptors (Lipinski definition) is 3. The third kappa shape index (κ3) is 2.49. The number of methoxy groups -OCH3 is 1. The molecule has 0 radical (unpaired) electrons. The van der Waals surface area contributed by atoms with Crippen LogP contribution >= 0.6 is 8.25 Å². The summed E-state index contributed by atoms with van der Waals surface area (Å²) < 4.78 is 19.6. The molecule has 0 bridgehead atoms. The SMILES string of the molecule is COc1ccc(O[P+](=O)O)cc1. The van der Waals surface area contributed by atoms with Crippen molar-refractivity contribution in [3.05, 3.63) is 24.3 Å². The number of ether oxygens (including phenoxy) is 1. The van der Waals surface area contributed by atoms with Crippen LogP contribution in [0, 0.1) is 0 Å². The minimum atomic E-state index is -2.58. The van der Waals surface area contributed by atoms with E-state index in [0.717, 1.165) is 0 Å². The lowest BCUT2D eigenvalue weighted by Gasteiger charge is -1.97. The summed E-state index contributed by atoms with van der Waals surface area (Å²) in [6.07, 6.45) is 0. The Morgan fingerprint density at radius 2 is 1.75 bits per heavy atom. The fourth-order valence-electron chi connectivity index (χ4n) is 0.727. The summed E-state index contributed by atoms with van der Waals surface area (Å²) in [5, 5.41) is 0. The molecule has 4 nitrogen and oxygen atoms in total. The summed E-state index contributed by atoms with van der Waals surface area (Å²) in [6, 6.07) is 6.41. The van der Waals surface area contributed by atoms with Gasteiger partial charge in [-0.05, 0) is 24.3 Å². The fraction of sp³-hybridized carbons (Fsp3) is 0.143. The minimum absolute atomic E-state index is 0.347. The largest absolute Gasteiger partial charge is 0.747 e. The molecule has 64 valence electrons. The molecule has 0 heterocycles. The maximum absolute atomic E-state index is 10.2. The van der Waals surface area contributed by atoms with E-state index in [4.69, 9.17) is 9.63 Å². The van der Waals surface area contributed by atoms with Gasteiger partial charge in [0, 0.05) is 4.57 Å². The van der Waals surface area contributed by atoms with E-state index in [1.165, 1.54) is 0 Å². The Balaban J connectivity index is 2.71. The lowest BCUT2D eigenvalue weighted by Crippen LogP contribution is -1.83. The molecule has 0 amide bonds. The molecule has 0 aliphatic rings. The van der Waals surface area contributed by atoms with E-state index in [2.05, 4.69) is 4.52 Å². The first-order valence-electron chi connectivity index (χ1n) is 3.20. The molecular formula is C7H8O4P+. The molecule has 1 aromatic carbocycles. The number of benzene rings is 1. The van der Waals surface area contributed by atoms with Crippen molar-refractivity contribution in [1.29, 1.82) is 0 Å². The van der Waals surface area contributed by atoms with Crippen molar-refractivity contribution in [2.45, 2.75) is 0 Å². The van der Waals surface area contributed by atoms with E-state index in [9.17, 15) is 4.57 Å². The third-order valence-corrected chi connectivity index (χ3v) is 1.61. The van der Waals surface area contributed by atoms with Crippen LogP contribution in [0.4, 0.5) is 0 Å². The van der Waals surface area contributed by atoms with Crippen LogP contribution in [0.15, 0.2) is 24.3 Å². The van der Waals surface area contributed by atoms with E-state index in [0.29, 0.717) is 11.5 Å². The smallest absolute Gasteiger partial charge is 0.497 e. The highest BCUT2D eigenvalue weighted by molar-refractivity contribution is 7.32. The van der Waals surface area contributed by atoms with Crippen LogP contribution in [0.1, 0.15) is 0 Å². The molecule has 1 aromatic rings. The van der Waals surface area contributed by atoms with Gasteiger partial charge in [0.25, 0.3) is 0 Å². The molecule has 0 saturated carbocycles. The van der Waals surface area contributed by atoms with Crippen molar-refractivity contribution in [3.8, 4) is 11.5 Å². The Morgan fingerprint density at radius 1 is 1.25 bits per heavy atom. The third-order valence-electron chi connectivity index (χ3n) is 1.24. The van der Waals surface area contributed by atoms with E-state index in [-0.39, 0.29) is 0 Å². The molecule has 1 unspecified atom stereocenters. The van der Waals surface area contributed by atoms with Gasteiger partial charge in [0.15, 0.2) is 5.75 Å². The molecule has 0 fully saturated rings. The molecule has 0 saturated heterocycles. The summed E-state index contributed by atoms with van der Waals surface area (Å²) >= 11 is 0. The van der Waals surface area contributed by atoms with Crippen molar-refractivity contribution in [1.82, 2.24) is 0 Å². The van der Waals surface area contributed by atoms with Gasteiger partial charge in [-0.25, -0.2) is 4.52 Å². The van der Waals surface area contributed by atoms with Crippen molar-refractivity contribution >= 4 is 8.25 Å². The zero-order valence-corrected chi connectivity index (χ0v) is 7.32. The average molecular weight is 187 g/mol. The lowest BCUT2D eigenvalue weighted by molar-refractivity contribution is 0.405. The maximum atomic E-state index is 10.2. The van der Waals surface area contributed by atoms with E-state index in [1.807, 2.05) is 0 Å². The number of hydrogen-bond donors (Lipinski definition) is 1. The molecule has 12 heavy (non-hydrogen) atoms. The molecule has 1 atom stereocenters. The fourth-order valence-corrected chi connectivity index (χ4v) is 1.03. The second-order valence-electron chi connectivity index (χ2n) is 2.00. The summed E-state index contributed by atoms with van der Waals surface area (Å²) in [5.41, 5.74) is 0. The summed E-state index contributed by atoms with van der Waals surface area (Å²) in [4.78, 5) is 8.39. The molecule has 1 rings (SSSR count). The van der Waals surface area contributed by atoms with E-state index >= 15 is 0 Å². The standard InChI is InChI=1S/C7H7O4P/c1-10-6-2-4-7(5-3-6)11-12(8)9/h2-5H,1H3/p+1. The van der Waals surface area contributed by atoms with E-state index in [1.54, 1.807) is 31.4 Å². The second-order valence-corrected chi connectivity index (χ2v) is 2.66. The summed E-state index contributed by atoms with van der Waals surface area (Å²) in [6.45, 7) is 0. The predicted octanol–water partition coefficient (Wildman–Crippen LogP) is 1.72. The molecule has 5 heteroatoms. The summed E-state index contributed by atoms with van der Waals surface area (Å²) in [5.74, 6) is 1.02. The Kier molecular flexibility index (Phi) is 3.02. The van der Waals surface area contributed by atoms with Crippen LogP contribution in [0.2, 0.25) is 0 Å². The summed E-state index contributed by atoms with van der Waals surface area (Å²) in [7, 11) is -1.04. The van der Waals surface area contributed by atoms with Gasteiger partial charge in [0.05, 0.1) is 7.11 Å². The monoisotopic (exact) mass is 187 g/mol. The lowest BCUT2D eigenvalue weighted by atomic mass is 10.3. The first-order valence-corrected chi connectivity index (χ1v) is 4.33. The van der Waals surface area contributed by atoms with Crippen LogP contribution in [-0.4, -0.2) is 12.0 Å². The highest BCUT2D eigenvalue weighted by Crippen LogP contribution is 2.24. The van der Waals surface area contributed by atoms with Gasteiger partial charge in [0.1, 0.15) is 5.75 Å². The predicted molar refractivity (Wildman–Crippen MR) is 43.4 cm³/mol. The normalized spacial score (nSPS) is 10.7. The molecule has 0 spiro atoms. The minimum Gasteiger partial charge on any atom is -0.497 e. The van der Waals surface area contributed by atoms with Crippen molar-refractivity contribution < 1.29 is 18.7 Å². The Hall–Kier alpha value is -1.12. The highest BCUT2D eigenvalue weighted by atomic mass is 31.1. The molecule has 0 aromatic heterocycles. The first-order chi connectivity index (χ1) is 5.72. The van der Waals surface area contributed by atoms with Crippen LogP contribution in [-0.2, 0) is 4.57 Å². The molecule has 0 aliphatic carbocycles. The second kappa shape index (κ2) is 4.04. The van der Waals surface area contributed by atoms with Crippen LogP contribution in [0.25, 0.3) is 0 Å². The maximum Gasteiger partial charge on any atom is 0.747 e. The van der Waals surface area contributed by atoms with Gasteiger partial charge in [0.2, 0.25) is 0 Å². The molecule has 0 aliphatic heterocycles. The zero-order chi connectivity index (χ0) is 8.97. The van der Waals surface area contributed by atoms with Gasteiger partial charge in [-0.3, -0.25) is 0 Å². The average Bonchev–Trinajstić information content (AvgIpc) is 2.05. The zero-order valence-electron chi connectivity index (χ0n) is 6.43. The van der Waals surface area contributed by atoms with Gasteiger partial charge in [-0.1, -0.05) is 0 Å². The highest BCUT2D eigenvalue weighted by Gasteiger charge is 2.13. The quantitative estimate of drug-likeness (QED) is 0.732. The van der Waals surface area contributed by atoms with Crippen LogP contribution in [0.3, 0.4) is 0 Å². The topological polar surface area (TPSA) is 55.8 Å². The van der Waals surface area contributed by atoms with Crippen molar-refractivity contribution in [2.24, 2.45) is 0 Å². The Morgan fingerprint density at radius 3 is 2.17 bits per heavy atom. The molecular weight excluding hydrogens is 179 g/mol. The van der Waals surface area contributed by atoms with Gasteiger partial charge < -0.3 is 4.74 Å². The first kappa shape index (κ1) is 8.97. The van der Waals surface area contributed by atoms with Gasteiger partial charge in [-0.2, -0.15) is 0 Å². The Labute approximate surface area is 70.7 Å². The Bertz CT molecular complexity index is 269. The van der Waals surface area contributed by atoms with Crippen molar-refractivity contribution in [2.75, 3.05) is 7.11 Å². The molecule has 1 N–H and O–H groups in total. The van der Waals surface area contributed by atoms with Crippen molar-refractivity contribution in [3.63, 3.8) is 0 Å². The van der Waals surface area contributed by atoms with Crippen LogP contribution < -0.4 is 9.26 Å². The number of rotatable bonds is 3. The van der Waals surface area contributed by atoms with Gasteiger partial charge >= 0.3 is 8.25 Å².